The highest BCUT2D eigenvalue weighted by Crippen LogP contribution is 2.39. The third-order valence-corrected chi connectivity index (χ3v) is 8.86. The fourth-order valence-electron chi connectivity index (χ4n) is 3.99. The summed E-state index contributed by atoms with van der Waals surface area (Å²) in [6.07, 6.45) is 1.51. The van der Waals surface area contributed by atoms with Crippen molar-refractivity contribution in [2.45, 2.75) is 23.8 Å². The molecule has 2 aliphatic heterocycles. The molecule has 0 radical (unpaired) electrons. The molecule has 7 nitrogen and oxygen atoms in total. The van der Waals surface area contributed by atoms with Crippen molar-refractivity contribution in [2.24, 2.45) is 0 Å². The van der Waals surface area contributed by atoms with E-state index in [1.165, 1.54) is 17.0 Å². The van der Waals surface area contributed by atoms with E-state index in [9.17, 15) is 13.2 Å². The van der Waals surface area contributed by atoms with E-state index >= 15 is 0 Å². The SMILES string of the molecule is O=C(CNS(=O)(=O)c1ccc2c(c1)OCCCO2)N1CCc2sccc2[C@H]1c1cccs1. The molecule has 1 aromatic carbocycles. The van der Waals surface area contributed by atoms with Crippen LogP contribution < -0.4 is 14.2 Å². The first-order valence-corrected chi connectivity index (χ1v) is 13.6. The van der Waals surface area contributed by atoms with Gasteiger partial charge in [0.25, 0.3) is 0 Å². The molecule has 168 valence electrons. The van der Waals surface area contributed by atoms with Gasteiger partial charge in [0.05, 0.1) is 30.7 Å². The van der Waals surface area contributed by atoms with Crippen LogP contribution in [0.3, 0.4) is 0 Å². The Morgan fingerprint density at radius 3 is 2.75 bits per heavy atom. The van der Waals surface area contributed by atoms with E-state index in [4.69, 9.17) is 9.47 Å². The molecule has 2 aromatic heterocycles. The second kappa shape index (κ2) is 8.86. The predicted molar refractivity (Wildman–Crippen MR) is 123 cm³/mol. The molecular weight excluding hydrogens is 468 g/mol. The third-order valence-electron chi connectivity index (χ3n) is 5.54. The summed E-state index contributed by atoms with van der Waals surface area (Å²) in [5.74, 6) is 0.671. The Kier molecular flexibility index (Phi) is 5.93. The molecule has 1 atom stereocenters. The first-order valence-electron chi connectivity index (χ1n) is 10.3. The summed E-state index contributed by atoms with van der Waals surface area (Å²) in [6, 6.07) is 10.4. The monoisotopic (exact) mass is 490 g/mol. The van der Waals surface area contributed by atoms with Gasteiger partial charge in [-0.05, 0) is 47.0 Å². The van der Waals surface area contributed by atoms with Crippen molar-refractivity contribution < 1.29 is 22.7 Å². The number of carbonyl (C=O) groups excluding carboxylic acids is 1. The van der Waals surface area contributed by atoms with Gasteiger partial charge in [-0.15, -0.1) is 22.7 Å². The average Bonchev–Trinajstić information content (AvgIpc) is 3.44. The first-order chi connectivity index (χ1) is 15.5. The Hall–Kier alpha value is -2.40. The van der Waals surface area contributed by atoms with Crippen LogP contribution >= 0.6 is 22.7 Å². The number of rotatable bonds is 5. The number of ether oxygens (including phenoxy) is 2. The second-order valence-electron chi connectivity index (χ2n) is 7.54. The summed E-state index contributed by atoms with van der Waals surface area (Å²) in [7, 11) is -3.89. The Labute approximate surface area is 194 Å². The Morgan fingerprint density at radius 2 is 1.94 bits per heavy atom. The molecule has 0 saturated carbocycles. The number of hydrogen-bond donors (Lipinski definition) is 1. The van der Waals surface area contributed by atoms with E-state index < -0.39 is 10.0 Å². The van der Waals surface area contributed by atoms with E-state index in [2.05, 4.69) is 10.8 Å². The summed E-state index contributed by atoms with van der Waals surface area (Å²) in [6.45, 7) is 1.24. The van der Waals surface area contributed by atoms with Gasteiger partial charge < -0.3 is 14.4 Å². The summed E-state index contributed by atoms with van der Waals surface area (Å²) < 4.78 is 39.4. The van der Waals surface area contributed by atoms with E-state index in [-0.39, 0.29) is 23.4 Å². The molecule has 1 amide bonds. The van der Waals surface area contributed by atoms with Crippen LogP contribution in [0.25, 0.3) is 0 Å². The molecule has 0 unspecified atom stereocenters. The van der Waals surface area contributed by atoms with E-state index in [0.29, 0.717) is 31.3 Å². The van der Waals surface area contributed by atoms with Crippen LogP contribution in [0.5, 0.6) is 11.5 Å². The zero-order chi connectivity index (χ0) is 22.1. The lowest BCUT2D eigenvalue weighted by Gasteiger charge is -2.35. The minimum absolute atomic E-state index is 0.0446. The Balaban J connectivity index is 1.33. The van der Waals surface area contributed by atoms with E-state index in [0.717, 1.165) is 23.3 Å². The molecule has 2 aliphatic rings. The molecule has 5 rings (SSSR count). The summed E-state index contributed by atoms with van der Waals surface area (Å²) in [5.41, 5.74) is 1.13. The molecule has 1 N–H and O–H groups in total. The summed E-state index contributed by atoms with van der Waals surface area (Å²) in [4.78, 5) is 17.3. The van der Waals surface area contributed by atoms with E-state index in [1.54, 1.807) is 33.6 Å². The van der Waals surface area contributed by atoms with Crippen LogP contribution in [0, 0.1) is 0 Å². The van der Waals surface area contributed by atoms with Gasteiger partial charge >= 0.3 is 0 Å². The zero-order valence-electron chi connectivity index (χ0n) is 17.2. The van der Waals surface area contributed by atoms with Crippen LogP contribution in [0.4, 0.5) is 0 Å². The lowest BCUT2D eigenvalue weighted by molar-refractivity contribution is -0.131. The highest BCUT2D eigenvalue weighted by Gasteiger charge is 2.33. The van der Waals surface area contributed by atoms with Gasteiger partial charge in [0, 0.05) is 28.8 Å². The average molecular weight is 491 g/mol. The van der Waals surface area contributed by atoms with Crippen molar-refractivity contribution >= 4 is 38.6 Å². The van der Waals surface area contributed by atoms with Gasteiger partial charge in [-0.1, -0.05) is 6.07 Å². The molecule has 32 heavy (non-hydrogen) atoms. The second-order valence-corrected chi connectivity index (χ2v) is 11.3. The lowest BCUT2D eigenvalue weighted by Crippen LogP contribution is -2.45. The number of nitrogens with one attached hydrogen (secondary N) is 1. The maximum Gasteiger partial charge on any atom is 0.241 e. The quantitative estimate of drug-likeness (QED) is 0.592. The standard InChI is InChI=1S/C22H22N2O5S3/c25-21(24-8-6-19-16(7-12-31-19)22(24)20-3-1-11-30-20)14-23-32(26,27)15-4-5-17-18(13-15)29-10-2-9-28-17/h1,3-5,7,11-13,22-23H,2,6,8-10,14H2/t22-/m0/s1. The van der Waals surface area contributed by atoms with Crippen LogP contribution in [0.1, 0.15) is 27.8 Å². The molecule has 0 spiro atoms. The normalized spacial score (nSPS) is 18.1. The molecule has 4 heterocycles. The molecule has 10 heteroatoms. The fraction of sp³-hybridized carbons (Fsp3) is 0.318. The van der Waals surface area contributed by atoms with Gasteiger partial charge in [-0.2, -0.15) is 0 Å². The van der Waals surface area contributed by atoms with Crippen molar-refractivity contribution in [3.63, 3.8) is 0 Å². The van der Waals surface area contributed by atoms with Gasteiger partial charge in [0.15, 0.2) is 11.5 Å². The van der Waals surface area contributed by atoms with Crippen LogP contribution in [0.15, 0.2) is 52.1 Å². The van der Waals surface area contributed by atoms with Gasteiger partial charge in [0.1, 0.15) is 0 Å². The Morgan fingerprint density at radius 1 is 1.09 bits per heavy atom. The van der Waals surface area contributed by atoms with Crippen LogP contribution in [0.2, 0.25) is 0 Å². The number of carbonyl (C=O) groups is 1. The molecule has 0 bridgehead atoms. The largest absolute Gasteiger partial charge is 0.490 e. The minimum atomic E-state index is -3.89. The number of amides is 1. The van der Waals surface area contributed by atoms with Crippen molar-refractivity contribution in [3.8, 4) is 11.5 Å². The van der Waals surface area contributed by atoms with E-state index in [1.807, 2.05) is 22.9 Å². The predicted octanol–water partition coefficient (Wildman–Crippen LogP) is 3.42. The summed E-state index contributed by atoms with van der Waals surface area (Å²) in [5, 5.41) is 4.04. The number of benzene rings is 1. The van der Waals surface area contributed by atoms with Gasteiger partial charge in [-0.25, -0.2) is 13.1 Å². The zero-order valence-corrected chi connectivity index (χ0v) is 19.6. The summed E-state index contributed by atoms with van der Waals surface area (Å²) >= 11 is 3.30. The topological polar surface area (TPSA) is 84.9 Å². The first kappa shape index (κ1) is 21.4. The van der Waals surface area contributed by atoms with Crippen molar-refractivity contribution in [1.82, 2.24) is 9.62 Å². The minimum Gasteiger partial charge on any atom is -0.490 e. The van der Waals surface area contributed by atoms with Gasteiger partial charge in [0.2, 0.25) is 15.9 Å². The highest BCUT2D eigenvalue weighted by atomic mass is 32.2. The number of nitrogens with zero attached hydrogens (tertiary/aromatic N) is 1. The number of thiophene rings is 2. The highest BCUT2D eigenvalue weighted by molar-refractivity contribution is 7.89. The lowest BCUT2D eigenvalue weighted by atomic mass is 9.98. The third kappa shape index (κ3) is 4.15. The molecule has 0 fully saturated rings. The van der Waals surface area contributed by atoms with Crippen molar-refractivity contribution in [2.75, 3.05) is 26.3 Å². The van der Waals surface area contributed by atoms with Gasteiger partial charge in [-0.3, -0.25) is 4.79 Å². The number of fused-ring (bicyclic) bond motifs is 2. The van der Waals surface area contributed by atoms with Crippen LogP contribution in [-0.2, 0) is 21.2 Å². The van der Waals surface area contributed by atoms with Crippen molar-refractivity contribution in [1.29, 1.82) is 0 Å². The molecule has 0 aliphatic carbocycles. The smallest absolute Gasteiger partial charge is 0.241 e. The van der Waals surface area contributed by atoms with Crippen LogP contribution in [-0.4, -0.2) is 45.5 Å². The number of hydrogen-bond acceptors (Lipinski definition) is 7. The molecule has 3 aromatic rings. The molecular formula is C22H22N2O5S3. The fourth-order valence-corrected chi connectivity index (χ4v) is 6.74. The number of sulfonamides is 1. The maximum atomic E-state index is 13.2. The Bertz CT molecular complexity index is 1220. The molecule has 0 saturated heterocycles. The van der Waals surface area contributed by atoms with Crippen molar-refractivity contribution in [3.05, 3.63) is 62.5 Å². The maximum absolute atomic E-state index is 13.2.